The normalized spacial score (nSPS) is 26.2. The van der Waals surface area contributed by atoms with E-state index in [-0.39, 0.29) is 23.3 Å². The Morgan fingerprint density at radius 2 is 2.04 bits per heavy atom. The van der Waals surface area contributed by atoms with Gasteiger partial charge in [-0.3, -0.25) is 14.7 Å². The van der Waals surface area contributed by atoms with E-state index in [1.54, 1.807) is 6.92 Å². The number of amides is 2. The van der Waals surface area contributed by atoms with E-state index in [9.17, 15) is 9.59 Å². The molecular weight excluding hydrogens is 356 g/mol. The van der Waals surface area contributed by atoms with Gasteiger partial charge in [-0.1, -0.05) is 18.2 Å². The zero-order valence-electron chi connectivity index (χ0n) is 16.2. The van der Waals surface area contributed by atoms with Crippen LogP contribution in [-0.4, -0.2) is 70.7 Å². The van der Waals surface area contributed by atoms with Crippen LogP contribution in [0.3, 0.4) is 0 Å². The summed E-state index contributed by atoms with van der Waals surface area (Å²) in [6.45, 7) is 5.36. The summed E-state index contributed by atoms with van der Waals surface area (Å²) in [5.41, 5.74) is 1.88. The summed E-state index contributed by atoms with van der Waals surface area (Å²) in [6.07, 6.45) is 2.23. The van der Waals surface area contributed by atoms with Crippen molar-refractivity contribution in [3.05, 3.63) is 30.0 Å². The molecule has 0 aliphatic carbocycles. The quantitative estimate of drug-likeness (QED) is 0.856. The number of aromatic amines is 1. The van der Waals surface area contributed by atoms with Gasteiger partial charge < -0.3 is 14.5 Å². The van der Waals surface area contributed by atoms with Crippen LogP contribution in [0, 0.1) is 11.3 Å². The second-order valence-electron chi connectivity index (χ2n) is 8.50. The Balaban J connectivity index is 1.27. The van der Waals surface area contributed by atoms with Crippen molar-refractivity contribution >= 4 is 22.7 Å². The lowest BCUT2D eigenvalue weighted by Gasteiger charge is -2.42. The van der Waals surface area contributed by atoms with Crippen LogP contribution in [-0.2, 0) is 20.7 Å². The highest BCUT2D eigenvalue weighted by Crippen LogP contribution is 2.50. The van der Waals surface area contributed by atoms with Crippen molar-refractivity contribution in [2.45, 2.75) is 32.2 Å². The first-order valence-corrected chi connectivity index (χ1v) is 10.1. The standard InChI is InChI=1S/C21H26N4O3/c1-14(26)25-13-21(16-11-28-12-19(16)25)6-8-24(9-7-21)20(27)10-18-15-4-2-3-5-17(15)22-23-18/h2-5,16,19H,6-13H2,1H3,(H,22,23)/t16-,19+/m0/s1. The minimum absolute atomic E-state index is 0.101. The lowest BCUT2D eigenvalue weighted by atomic mass is 9.70. The molecule has 0 bridgehead atoms. The maximum absolute atomic E-state index is 12.9. The number of H-pyrrole nitrogens is 1. The Kier molecular flexibility index (Phi) is 4.16. The number of nitrogens with zero attached hydrogens (tertiary/aromatic N) is 3. The average molecular weight is 382 g/mol. The summed E-state index contributed by atoms with van der Waals surface area (Å²) in [4.78, 5) is 29.0. The number of hydrogen-bond acceptors (Lipinski definition) is 4. The number of carbonyl (C=O) groups is 2. The molecule has 0 unspecified atom stereocenters. The van der Waals surface area contributed by atoms with Crippen LogP contribution in [0.1, 0.15) is 25.5 Å². The Labute approximate surface area is 164 Å². The SMILES string of the molecule is CC(=O)N1CC2(CCN(C(=O)Cc3[nH]nc4ccccc34)CC2)[C@H]2COC[C@H]21. The molecule has 1 N–H and O–H groups in total. The summed E-state index contributed by atoms with van der Waals surface area (Å²) in [5, 5.41) is 8.33. The number of carbonyl (C=O) groups excluding carboxylic acids is 2. The van der Waals surface area contributed by atoms with Gasteiger partial charge in [0.25, 0.3) is 0 Å². The molecule has 4 heterocycles. The van der Waals surface area contributed by atoms with E-state index in [0.29, 0.717) is 18.9 Å². The fourth-order valence-corrected chi connectivity index (χ4v) is 5.50. The van der Waals surface area contributed by atoms with Crippen molar-refractivity contribution < 1.29 is 14.3 Å². The number of nitrogens with one attached hydrogen (secondary N) is 1. The molecule has 0 radical (unpaired) electrons. The van der Waals surface area contributed by atoms with Crippen LogP contribution in [0.2, 0.25) is 0 Å². The fraction of sp³-hybridized carbons (Fsp3) is 0.571. The zero-order valence-corrected chi connectivity index (χ0v) is 16.2. The predicted molar refractivity (Wildman–Crippen MR) is 104 cm³/mol. The van der Waals surface area contributed by atoms with E-state index in [2.05, 4.69) is 10.2 Å². The summed E-state index contributed by atoms with van der Waals surface area (Å²) < 4.78 is 5.72. The van der Waals surface area contributed by atoms with Gasteiger partial charge in [-0.2, -0.15) is 5.10 Å². The highest BCUT2D eigenvalue weighted by molar-refractivity contribution is 5.87. The number of hydrogen-bond donors (Lipinski definition) is 1. The number of fused-ring (bicyclic) bond motifs is 3. The summed E-state index contributed by atoms with van der Waals surface area (Å²) in [5.74, 6) is 0.692. The lowest BCUT2D eigenvalue weighted by molar-refractivity contribution is -0.134. The molecular formula is C21H26N4O3. The van der Waals surface area contributed by atoms with E-state index in [4.69, 9.17) is 4.74 Å². The first-order valence-electron chi connectivity index (χ1n) is 10.1. The van der Waals surface area contributed by atoms with Crippen LogP contribution in [0.5, 0.6) is 0 Å². The molecule has 7 heteroatoms. The first kappa shape index (κ1) is 17.7. The molecule has 0 saturated carbocycles. The number of para-hydroxylation sites is 1. The second kappa shape index (κ2) is 6.58. The number of likely N-dealkylation sites (tertiary alicyclic amines) is 2. The van der Waals surface area contributed by atoms with Crippen molar-refractivity contribution in [1.82, 2.24) is 20.0 Å². The lowest BCUT2D eigenvalue weighted by Crippen LogP contribution is -2.47. The summed E-state index contributed by atoms with van der Waals surface area (Å²) in [7, 11) is 0. The Morgan fingerprint density at radius 1 is 1.25 bits per heavy atom. The molecule has 2 atom stereocenters. The van der Waals surface area contributed by atoms with Gasteiger partial charge in [-0.15, -0.1) is 0 Å². The molecule has 3 saturated heterocycles. The van der Waals surface area contributed by atoms with Crippen LogP contribution in [0.15, 0.2) is 24.3 Å². The van der Waals surface area contributed by atoms with Gasteiger partial charge in [-0.05, 0) is 24.3 Å². The predicted octanol–water partition coefficient (Wildman–Crippen LogP) is 1.59. The minimum atomic E-state index is 0.101. The number of benzene rings is 1. The maximum Gasteiger partial charge on any atom is 0.228 e. The highest BCUT2D eigenvalue weighted by Gasteiger charge is 2.56. The van der Waals surface area contributed by atoms with Gasteiger partial charge in [0.15, 0.2) is 0 Å². The van der Waals surface area contributed by atoms with E-state index in [1.165, 1.54) is 0 Å². The van der Waals surface area contributed by atoms with Crippen molar-refractivity contribution in [1.29, 1.82) is 0 Å². The largest absolute Gasteiger partial charge is 0.379 e. The van der Waals surface area contributed by atoms with Crippen LogP contribution < -0.4 is 0 Å². The van der Waals surface area contributed by atoms with Crippen LogP contribution >= 0.6 is 0 Å². The smallest absolute Gasteiger partial charge is 0.228 e. The monoisotopic (exact) mass is 382 g/mol. The van der Waals surface area contributed by atoms with Crippen LogP contribution in [0.4, 0.5) is 0 Å². The molecule has 3 fully saturated rings. The van der Waals surface area contributed by atoms with Crippen LogP contribution in [0.25, 0.3) is 10.9 Å². The van der Waals surface area contributed by atoms with Gasteiger partial charge in [0, 0.05) is 37.9 Å². The molecule has 5 rings (SSSR count). The Bertz CT molecular complexity index is 915. The zero-order chi connectivity index (χ0) is 19.3. The number of rotatable bonds is 2. The van der Waals surface area contributed by atoms with Crippen molar-refractivity contribution in [2.24, 2.45) is 11.3 Å². The molecule has 28 heavy (non-hydrogen) atoms. The molecule has 1 spiro atoms. The van der Waals surface area contributed by atoms with Crippen molar-refractivity contribution in [3.8, 4) is 0 Å². The van der Waals surface area contributed by atoms with E-state index in [0.717, 1.165) is 55.7 Å². The third-order valence-electron chi connectivity index (χ3n) is 7.11. The molecule has 7 nitrogen and oxygen atoms in total. The van der Waals surface area contributed by atoms with Crippen molar-refractivity contribution in [3.63, 3.8) is 0 Å². The molecule has 148 valence electrons. The molecule has 1 aromatic carbocycles. The first-order chi connectivity index (χ1) is 13.6. The molecule has 1 aromatic heterocycles. The molecule has 2 aromatic rings. The Morgan fingerprint density at radius 3 is 2.82 bits per heavy atom. The molecule has 2 amide bonds. The van der Waals surface area contributed by atoms with E-state index in [1.807, 2.05) is 34.1 Å². The second-order valence-corrected chi connectivity index (χ2v) is 8.50. The molecule has 3 aliphatic rings. The fourth-order valence-electron chi connectivity index (χ4n) is 5.50. The summed E-state index contributed by atoms with van der Waals surface area (Å²) >= 11 is 0. The van der Waals surface area contributed by atoms with E-state index < -0.39 is 0 Å². The third kappa shape index (κ3) is 2.71. The topological polar surface area (TPSA) is 78.5 Å². The maximum atomic E-state index is 12.9. The highest BCUT2D eigenvalue weighted by atomic mass is 16.5. The number of aromatic nitrogens is 2. The number of piperidine rings is 1. The molecule has 3 aliphatic heterocycles. The Hall–Kier alpha value is -2.41. The van der Waals surface area contributed by atoms with Gasteiger partial charge in [0.2, 0.25) is 11.8 Å². The van der Waals surface area contributed by atoms with E-state index >= 15 is 0 Å². The van der Waals surface area contributed by atoms with Crippen molar-refractivity contribution in [2.75, 3.05) is 32.8 Å². The summed E-state index contributed by atoms with van der Waals surface area (Å²) in [6, 6.07) is 8.09. The van der Waals surface area contributed by atoms with Gasteiger partial charge >= 0.3 is 0 Å². The van der Waals surface area contributed by atoms with Gasteiger partial charge in [0.05, 0.1) is 36.9 Å². The number of ether oxygens (including phenoxy) is 1. The minimum Gasteiger partial charge on any atom is -0.379 e. The average Bonchev–Trinajstić information content (AvgIpc) is 3.40. The third-order valence-corrected chi connectivity index (χ3v) is 7.11. The van der Waals surface area contributed by atoms with Gasteiger partial charge in [0.1, 0.15) is 0 Å². The van der Waals surface area contributed by atoms with Gasteiger partial charge in [-0.25, -0.2) is 0 Å².